The maximum Gasteiger partial charge on any atom is 0.281 e. The number of carbonyl (C=O) groups excluding carboxylic acids is 2. The quantitative estimate of drug-likeness (QED) is 0.660. The number of hydrogen-bond acceptors (Lipinski definition) is 5. The van der Waals surface area contributed by atoms with Crippen LogP contribution < -0.4 is 0 Å². The summed E-state index contributed by atoms with van der Waals surface area (Å²) in [7, 11) is 0. The van der Waals surface area contributed by atoms with Gasteiger partial charge >= 0.3 is 0 Å². The number of rotatable bonds is 5. The number of hydrogen-bond donors (Lipinski definition) is 0. The predicted molar refractivity (Wildman–Crippen MR) is 124 cm³/mol. The van der Waals surface area contributed by atoms with Crippen molar-refractivity contribution in [2.45, 2.75) is 57.8 Å². The van der Waals surface area contributed by atoms with Crippen LogP contribution in [0, 0.1) is 5.92 Å². The molecule has 1 aromatic heterocycles. The molecule has 3 aliphatic heterocycles. The minimum atomic E-state index is -0.987. The van der Waals surface area contributed by atoms with Gasteiger partial charge in [0.1, 0.15) is 6.17 Å². The third-order valence-electron chi connectivity index (χ3n) is 7.09. The molecule has 2 amide bonds. The zero-order chi connectivity index (χ0) is 23.8. The molecule has 8 nitrogen and oxygen atoms in total. The Kier molecular flexibility index (Phi) is 6.48. The lowest BCUT2D eigenvalue weighted by Crippen LogP contribution is -2.44. The zero-order valence-corrected chi connectivity index (χ0v) is 19.7. The lowest BCUT2D eigenvalue weighted by molar-refractivity contribution is -0.135. The molecule has 34 heavy (non-hydrogen) atoms. The number of fused-ring (bicyclic) bond motifs is 3. The van der Waals surface area contributed by atoms with Gasteiger partial charge in [-0.1, -0.05) is 11.6 Å². The monoisotopic (exact) mass is 470 g/mol. The predicted octanol–water partition coefficient (Wildman–Crippen LogP) is 3.15. The standard InChI is InChI=1S/C25H31FN4O4/c1-15-11-22-20(12-19(15)25(32)29-7-3-18(4-8-29)34-14-16(2)26)23-21(24(31)28-22)13-27-30(23)17-5-9-33-10-6-17/h11-13,16-19H,3-10,14H2,1-2H3/t16-,19?/m1/s1. The smallest absolute Gasteiger partial charge is 0.281 e. The summed E-state index contributed by atoms with van der Waals surface area (Å²) >= 11 is 0. The maximum absolute atomic E-state index is 13.5. The van der Waals surface area contributed by atoms with Gasteiger partial charge in [-0.15, -0.1) is 0 Å². The van der Waals surface area contributed by atoms with Crippen LogP contribution in [0.15, 0.2) is 28.9 Å². The van der Waals surface area contributed by atoms with Crippen molar-refractivity contribution in [3.8, 4) is 0 Å². The van der Waals surface area contributed by atoms with E-state index >= 15 is 0 Å². The van der Waals surface area contributed by atoms with Crippen LogP contribution in [0.1, 0.15) is 61.6 Å². The van der Waals surface area contributed by atoms with Gasteiger partial charge in [-0.3, -0.25) is 14.3 Å². The molecule has 1 aliphatic carbocycles. The normalized spacial score (nSPS) is 24.7. The fraction of sp³-hybridized carbons (Fsp3) is 0.600. The Morgan fingerprint density at radius 2 is 2.00 bits per heavy atom. The van der Waals surface area contributed by atoms with Crippen molar-refractivity contribution < 1.29 is 23.5 Å². The molecule has 4 heterocycles. The average Bonchev–Trinajstić information content (AvgIpc) is 3.29. The second-order valence-corrected chi connectivity index (χ2v) is 9.58. The van der Waals surface area contributed by atoms with Crippen LogP contribution in [0.3, 0.4) is 0 Å². The molecule has 2 atom stereocenters. The van der Waals surface area contributed by atoms with Crippen molar-refractivity contribution in [3.63, 3.8) is 0 Å². The first kappa shape index (κ1) is 23.1. The van der Waals surface area contributed by atoms with Gasteiger partial charge in [0.25, 0.3) is 5.91 Å². The van der Waals surface area contributed by atoms with Crippen LogP contribution in [0.5, 0.6) is 0 Å². The summed E-state index contributed by atoms with van der Waals surface area (Å²) < 4.78 is 26.1. The van der Waals surface area contributed by atoms with E-state index in [0.29, 0.717) is 50.4 Å². The summed E-state index contributed by atoms with van der Waals surface area (Å²) in [6.07, 6.45) is 7.47. The van der Waals surface area contributed by atoms with Crippen molar-refractivity contribution in [2.75, 3.05) is 32.9 Å². The molecular formula is C25H31FN4O4. The van der Waals surface area contributed by atoms with Crippen molar-refractivity contribution in [2.24, 2.45) is 10.9 Å². The molecule has 9 heteroatoms. The highest BCUT2D eigenvalue weighted by atomic mass is 19.1. The van der Waals surface area contributed by atoms with Crippen LogP contribution in [0.2, 0.25) is 0 Å². The largest absolute Gasteiger partial charge is 0.381 e. The highest BCUT2D eigenvalue weighted by Gasteiger charge is 2.36. The number of nitrogens with zero attached hydrogens (tertiary/aromatic N) is 4. The Hall–Kier alpha value is -2.65. The van der Waals surface area contributed by atoms with E-state index in [4.69, 9.17) is 9.47 Å². The van der Waals surface area contributed by atoms with E-state index in [9.17, 15) is 14.0 Å². The first-order chi connectivity index (χ1) is 16.4. The summed E-state index contributed by atoms with van der Waals surface area (Å²) in [5, 5.41) is 4.55. The number of allylic oxidation sites excluding steroid dienone is 2. The highest BCUT2D eigenvalue weighted by molar-refractivity contribution is 6.36. The summed E-state index contributed by atoms with van der Waals surface area (Å²) in [4.78, 5) is 32.4. The van der Waals surface area contributed by atoms with Gasteiger partial charge in [-0.2, -0.15) is 5.10 Å². The summed E-state index contributed by atoms with van der Waals surface area (Å²) in [6.45, 7) is 5.99. The highest BCUT2D eigenvalue weighted by Crippen LogP contribution is 2.37. The molecule has 5 rings (SSSR count). The average molecular weight is 471 g/mol. The van der Waals surface area contributed by atoms with Gasteiger partial charge in [-0.25, -0.2) is 9.38 Å². The SMILES string of the molecule is CC1=CC2=NC(=O)c3cnn(C4CCOCC4)c3C2=CC1C(=O)N1CCC(OC[C@@H](C)F)CC1. The van der Waals surface area contributed by atoms with Gasteiger partial charge < -0.3 is 14.4 Å². The Morgan fingerprint density at radius 3 is 2.71 bits per heavy atom. The number of halogens is 1. The van der Waals surface area contributed by atoms with Crippen LogP contribution in [0.25, 0.3) is 5.57 Å². The topological polar surface area (TPSA) is 86.0 Å². The molecule has 182 valence electrons. The maximum atomic E-state index is 13.5. The summed E-state index contributed by atoms with van der Waals surface area (Å²) in [5.41, 5.74) is 3.51. The van der Waals surface area contributed by atoms with E-state index in [1.807, 2.05) is 28.7 Å². The first-order valence-corrected chi connectivity index (χ1v) is 12.2. The zero-order valence-electron chi connectivity index (χ0n) is 19.7. The number of aromatic nitrogens is 2. The third-order valence-corrected chi connectivity index (χ3v) is 7.09. The lowest BCUT2D eigenvalue weighted by Gasteiger charge is -2.35. The number of carbonyl (C=O) groups is 2. The van der Waals surface area contributed by atoms with Crippen LogP contribution >= 0.6 is 0 Å². The number of likely N-dealkylation sites (tertiary alicyclic amines) is 1. The number of ether oxygens (including phenoxy) is 2. The Labute approximate surface area is 198 Å². The molecule has 0 aromatic carbocycles. The number of aliphatic imine (C=N–C) groups is 1. The molecule has 4 aliphatic rings. The van der Waals surface area contributed by atoms with E-state index in [1.54, 1.807) is 6.20 Å². The fourth-order valence-electron chi connectivity index (χ4n) is 5.20. The van der Waals surface area contributed by atoms with Gasteiger partial charge in [0.2, 0.25) is 5.91 Å². The lowest BCUT2D eigenvalue weighted by atomic mass is 9.84. The molecule has 1 unspecified atom stereocenters. The first-order valence-electron chi connectivity index (χ1n) is 12.2. The van der Waals surface area contributed by atoms with Crippen LogP contribution in [-0.2, 0) is 14.3 Å². The number of alkyl halides is 1. The Morgan fingerprint density at radius 1 is 1.26 bits per heavy atom. The van der Waals surface area contributed by atoms with Crippen molar-refractivity contribution in [1.29, 1.82) is 0 Å². The molecule has 1 aromatic rings. The third kappa shape index (κ3) is 4.38. The van der Waals surface area contributed by atoms with Crippen molar-refractivity contribution in [1.82, 2.24) is 14.7 Å². The molecular weight excluding hydrogens is 439 g/mol. The summed E-state index contributed by atoms with van der Waals surface area (Å²) in [5.74, 6) is -0.677. The second-order valence-electron chi connectivity index (χ2n) is 9.58. The number of amides is 2. The number of piperidine rings is 1. The minimum absolute atomic E-state index is 0.0110. The molecule has 0 bridgehead atoms. The minimum Gasteiger partial charge on any atom is -0.381 e. The molecule has 0 saturated carbocycles. The molecule has 0 radical (unpaired) electrons. The van der Waals surface area contributed by atoms with E-state index < -0.39 is 12.1 Å². The fourth-order valence-corrected chi connectivity index (χ4v) is 5.20. The van der Waals surface area contributed by atoms with Crippen molar-refractivity contribution >= 4 is 23.1 Å². The molecule has 2 fully saturated rings. The molecule has 0 N–H and O–H groups in total. The van der Waals surface area contributed by atoms with Crippen LogP contribution in [0.4, 0.5) is 4.39 Å². The van der Waals surface area contributed by atoms with E-state index in [-0.39, 0.29) is 30.6 Å². The van der Waals surface area contributed by atoms with E-state index in [1.165, 1.54) is 6.92 Å². The van der Waals surface area contributed by atoms with Gasteiger partial charge in [-0.05, 0) is 45.6 Å². The molecule has 0 spiro atoms. The van der Waals surface area contributed by atoms with E-state index in [2.05, 4.69) is 10.1 Å². The van der Waals surface area contributed by atoms with Gasteiger partial charge in [0, 0.05) is 31.9 Å². The van der Waals surface area contributed by atoms with Crippen molar-refractivity contribution in [3.05, 3.63) is 35.2 Å². The molecule has 2 saturated heterocycles. The van der Waals surface area contributed by atoms with Gasteiger partial charge in [0.05, 0.1) is 47.8 Å². The Bertz CT molecular complexity index is 1060. The summed E-state index contributed by atoms with van der Waals surface area (Å²) in [6, 6.07) is 0.151. The Balaban J connectivity index is 1.38. The van der Waals surface area contributed by atoms with E-state index in [0.717, 1.165) is 29.7 Å². The van der Waals surface area contributed by atoms with Crippen LogP contribution in [-0.4, -0.2) is 77.4 Å². The second kappa shape index (κ2) is 9.54. The van der Waals surface area contributed by atoms with Gasteiger partial charge in [0.15, 0.2) is 0 Å².